The van der Waals surface area contributed by atoms with Crippen LogP contribution in [0.3, 0.4) is 0 Å². The zero-order valence-electron chi connectivity index (χ0n) is 11.5. The van der Waals surface area contributed by atoms with E-state index in [1.165, 1.54) is 0 Å². The molecule has 2 aliphatic carbocycles. The maximum Gasteiger partial charge on any atom is 0.0910 e. The van der Waals surface area contributed by atoms with Gasteiger partial charge in [0, 0.05) is 0 Å². The molecule has 0 saturated heterocycles. The number of fused-ring (bicyclic) bond motifs is 1. The van der Waals surface area contributed by atoms with E-state index < -0.39 is 11.7 Å². The van der Waals surface area contributed by atoms with Crippen molar-refractivity contribution < 1.29 is 15.3 Å². The molecule has 5 unspecified atom stereocenters. The van der Waals surface area contributed by atoms with Crippen molar-refractivity contribution in [1.29, 1.82) is 0 Å². The van der Waals surface area contributed by atoms with Crippen LogP contribution in [-0.4, -0.2) is 33.6 Å². The SMILES string of the molecule is C=C(CO)C1CCC2(C)CCC(O)C(C)(O)C2C1. The monoisotopic (exact) mass is 254 g/mol. The number of rotatable bonds is 2. The van der Waals surface area contributed by atoms with Gasteiger partial charge in [0.05, 0.1) is 18.3 Å². The minimum absolute atomic E-state index is 0.0266. The Labute approximate surface area is 110 Å². The van der Waals surface area contributed by atoms with Gasteiger partial charge in [-0.05, 0) is 61.9 Å². The van der Waals surface area contributed by atoms with Crippen molar-refractivity contribution in [3.63, 3.8) is 0 Å². The standard InChI is InChI=1S/C15H26O3/c1-10(9-16)11-4-6-14(2)7-5-13(17)15(3,18)12(14)8-11/h11-13,16-18H,1,4-9H2,2-3H3. The third-order valence-corrected chi connectivity index (χ3v) is 5.57. The third-order valence-electron chi connectivity index (χ3n) is 5.57. The Morgan fingerprint density at radius 2 is 1.89 bits per heavy atom. The molecule has 3 N–H and O–H groups in total. The molecule has 0 amide bonds. The summed E-state index contributed by atoms with van der Waals surface area (Å²) in [4.78, 5) is 0. The fourth-order valence-corrected chi connectivity index (χ4v) is 4.10. The molecule has 0 aromatic carbocycles. The average molecular weight is 254 g/mol. The van der Waals surface area contributed by atoms with Crippen molar-refractivity contribution in [1.82, 2.24) is 0 Å². The van der Waals surface area contributed by atoms with E-state index in [-0.39, 0.29) is 23.9 Å². The van der Waals surface area contributed by atoms with Gasteiger partial charge >= 0.3 is 0 Å². The first kappa shape index (κ1) is 14.0. The van der Waals surface area contributed by atoms with Crippen LogP contribution in [0.1, 0.15) is 46.0 Å². The van der Waals surface area contributed by atoms with E-state index in [0.717, 1.165) is 31.3 Å². The van der Waals surface area contributed by atoms with E-state index in [1.807, 2.05) is 0 Å². The molecule has 0 aromatic rings. The van der Waals surface area contributed by atoms with Crippen LogP contribution in [0.2, 0.25) is 0 Å². The van der Waals surface area contributed by atoms with Crippen LogP contribution in [-0.2, 0) is 0 Å². The van der Waals surface area contributed by atoms with Gasteiger partial charge in [-0.3, -0.25) is 0 Å². The van der Waals surface area contributed by atoms with E-state index in [9.17, 15) is 15.3 Å². The Hall–Kier alpha value is -0.380. The van der Waals surface area contributed by atoms with Gasteiger partial charge in [-0.1, -0.05) is 13.5 Å². The lowest BCUT2D eigenvalue weighted by molar-refractivity contribution is -0.183. The second kappa shape index (κ2) is 4.62. The van der Waals surface area contributed by atoms with Gasteiger partial charge in [0.25, 0.3) is 0 Å². The van der Waals surface area contributed by atoms with Crippen molar-refractivity contribution in [3.05, 3.63) is 12.2 Å². The summed E-state index contributed by atoms with van der Waals surface area (Å²) in [6.45, 7) is 7.96. The molecular formula is C15H26O3. The Morgan fingerprint density at radius 1 is 1.28 bits per heavy atom. The van der Waals surface area contributed by atoms with E-state index in [2.05, 4.69) is 13.5 Å². The summed E-state index contributed by atoms with van der Waals surface area (Å²) in [5.74, 6) is 0.376. The van der Waals surface area contributed by atoms with Crippen LogP contribution in [0.15, 0.2) is 12.2 Å². The molecule has 2 saturated carbocycles. The summed E-state index contributed by atoms with van der Waals surface area (Å²) in [7, 11) is 0. The van der Waals surface area contributed by atoms with Gasteiger partial charge in [-0.25, -0.2) is 0 Å². The van der Waals surface area contributed by atoms with Gasteiger partial charge < -0.3 is 15.3 Å². The van der Waals surface area contributed by atoms with E-state index >= 15 is 0 Å². The smallest absolute Gasteiger partial charge is 0.0910 e. The number of aliphatic hydroxyl groups is 3. The van der Waals surface area contributed by atoms with Gasteiger partial charge in [0.2, 0.25) is 0 Å². The maximum atomic E-state index is 10.6. The highest BCUT2D eigenvalue weighted by Gasteiger charge is 2.54. The molecule has 0 spiro atoms. The molecular weight excluding hydrogens is 228 g/mol. The molecule has 0 aromatic heterocycles. The molecule has 18 heavy (non-hydrogen) atoms. The predicted molar refractivity (Wildman–Crippen MR) is 71.0 cm³/mol. The molecule has 2 fully saturated rings. The molecule has 0 radical (unpaired) electrons. The summed E-state index contributed by atoms with van der Waals surface area (Å²) in [5.41, 5.74) is -0.0241. The summed E-state index contributed by atoms with van der Waals surface area (Å²) in [6, 6.07) is 0. The van der Waals surface area contributed by atoms with Gasteiger partial charge in [0.1, 0.15) is 0 Å². The van der Waals surface area contributed by atoms with Crippen molar-refractivity contribution in [2.45, 2.75) is 57.7 Å². The lowest BCUT2D eigenvalue weighted by atomic mass is 9.52. The molecule has 2 aliphatic rings. The lowest BCUT2D eigenvalue weighted by Crippen LogP contribution is -2.58. The van der Waals surface area contributed by atoms with Crippen LogP contribution in [0.5, 0.6) is 0 Å². The molecule has 2 rings (SSSR count). The number of hydrogen-bond donors (Lipinski definition) is 3. The highest BCUT2D eigenvalue weighted by molar-refractivity contribution is 5.11. The second-order valence-electron chi connectivity index (χ2n) is 6.77. The molecule has 0 aliphatic heterocycles. The van der Waals surface area contributed by atoms with Crippen LogP contribution in [0.4, 0.5) is 0 Å². The number of hydrogen-bond acceptors (Lipinski definition) is 3. The molecule has 3 nitrogen and oxygen atoms in total. The largest absolute Gasteiger partial charge is 0.392 e. The highest BCUT2D eigenvalue weighted by Crippen LogP contribution is 2.56. The summed E-state index contributed by atoms with van der Waals surface area (Å²) >= 11 is 0. The second-order valence-corrected chi connectivity index (χ2v) is 6.77. The fraction of sp³-hybridized carbons (Fsp3) is 0.867. The van der Waals surface area contributed by atoms with Crippen LogP contribution in [0.25, 0.3) is 0 Å². The quantitative estimate of drug-likeness (QED) is 0.659. The zero-order valence-corrected chi connectivity index (χ0v) is 11.5. The normalized spacial score (nSPS) is 48.6. The predicted octanol–water partition coefficient (Wildman–Crippen LogP) is 1.86. The van der Waals surface area contributed by atoms with Crippen LogP contribution < -0.4 is 0 Å². The van der Waals surface area contributed by atoms with Crippen LogP contribution >= 0.6 is 0 Å². The summed E-state index contributed by atoms with van der Waals surface area (Å²) in [5, 5.41) is 29.9. The maximum absolute atomic E-state index is 10.6. The van der Waals surface area contributed by atoms with Crippen molar-refractivity contribution in [2.24, 2.45) is 17.3 Å². The molecule has 104 valence electrons. The Bertz CT molecular complexity index is 332. The zero-order chi connectivity index (χ0) is 13.6. The minimum atomic E-state index is -1.01. The average Bonchev–Trinajstić information content (AvgIpc) is 2.34. The van der Waals surface area contributed by atoms with E-state index in [1.54, 1.807) is 6.92 Å². The summed E-state index contributed by atoms with van der Waals surface area (Å²) in [6.07, 6.45) is 3.96. The van der Waals surface area contributed by atoms with Crippen molar-refractivity contribution >= 4 is 0 Å². The van der Waals surface area contributed by atoms with Gasteiger partial charge in [-0.15, -0.1) is 0 Å². The van der Waals surface area contributed by atoms with E-state index in [4.69, 9.17) is 0 Å². The van der Waals surface area contributed by atoms with Gasteiger partial charge in [0.15, 0.2) is 0 Å². The van der Waals surface area contributed by atoms with E-state index in [0.29, 0.717) is 6.42 Å². The number of aliphatic hydroxyl groups excluding tert-OH is 2. The van der Waals surface area contributed by atoms with Crippen LogP contribution in [0, 0.1) is 17.3 Å². The molecule has 0 bridgehead atoms. The van der Waals surface area contributed by atoms with Crippen molar-refractivity contribution in [2.75, 3.05) is 6.61 Å². The molecule has 0 heterocycles. The first-order chi connectivity index (χ1) is 8.31. The summed E-state index contributed by atoms with van der Waals surface area (Å²) < 4.78 is 0. The lowest BCUT2D eigenvalue weighted by Gasteiger charge is -2.56. The van der Waals surface area contributed by atoms with Crippen molar-refractivity contribution in [3.8, 4) is 0 Å². The fourth-order valence-electron chi connectivity index (χ4n) is 4.10. The Kier molecular flexibility index (Phi) is 3.60. The Morgan fingerprint density at radius 3 is 2.50 bits per heavy atom. The first-order valence-electron chi connectivity index (χ1n) is 7.00. The third kappa shape index (κ3) is 2.13. The topological polar surface area (TPSA) is 60.7 Å². The van der Waals surface area contributed by atoms with Gasteiger partial charge in [-0.2, -0.15) is 0 Å². The Balaban J connectivity index is 2.22. The minimum Gasteiger partial charge on any atom is -0.392 e. The molecule has 3 heteroatoms. The first-order valence-corrected chi connectivity index (χ1v) is 7.00. The highest BCUT2D eigenvalue weighted by atomic mass is 16.3. The molecule has 5 atom stereocenters.